The molecule has 10 rings (SSSR count). The van der Waals surface area contributed by atoms with E-state index in [-0.39, 0.29) is 0 Å². The van der Waals surface area contributed by atoms with E-state index in [0.29, 0.717) is 0 Å². The minimum Gasteiger partial charge on any atom is -0.454 e. The number of fused-ring (bicyclic) bond motifs is 14. The van der Waals surface area contributed by atoms with Gasteiger partial charge < -0.3 is 13.2 Å². The molecule has 0 amide bonds. The third kappa shape index (κ3) is 2.33. The summed E-state index contributed by atoms with van der Waals surface area (Å²) in [6.45, 7) is 0. The monoisotopic (exact) mass is 498 g/mol. The molecule has 4 nitrogen and oxygen atoms in total. The first-order valence-electron chi connectivity index (χ1n) is 13.1. The van der Waals surface area contributed by atoms with E-state index in [1.54, 1.807) is 0 Å². The molecular formula is C35H18N2O2. The number of para-hydroxylation sites is 2. The summed E-state index contributed by atoms with van der Waals surface area (Å²) >= 11 is 0. The molecule has 0 unspecified atom stereocenters. The zero-order valence-corrected chi connectivity index (χ0v) is 20.6. The topological polar surface area (TPSA) is 43.6 Å². The van der Waals surface area contributed by atoms with Gasteiger partial charge >= 0.3 is 0 Å². The van der Waals surface area contributed by atoms with Gasteiger partial charge in [0.05, 0.1) is 22.2 Å². The van der Waals surface area contributed by atoms with Gasteiger partial charge in [0.15, 0.2) is 11.2 Å². The smallest absolute Gasteiger partial charge is 0.160 e. The molecule has 5 aromatic carbocycles. The SMILES string of the molecule is c1ccc(-c2cc3c4ccc5c6ccccc6oc5c4n4c3c(c2)c2ccc3c5ccccc5oc3c24)nc1. The van der Waals surface area contributed by atoms with E-state index in [9.17, 15) is 0 Å². The molecule has 0 saturated carbocycles. The molecule has 4 heteroatoms. The molecule has 5 heterocycles. The van der Waals surface area contributed by atoms with Gasteiger partial charge in [-0.15, -0.1) is 0 Å². The van der Waals surface area contributed by atoms with Gasteiger partial charge in [-0.05, 0) is 48.5 Å². The summed E-state index contributed by atoms with van der Waals surface area (Å²) in [5.74, 6) is 0. The second-order valence-corrected chi connectivity index (χ2v) is 10.3. The van der Waals surface area contributed by atoms with Gasteiger partial charge in [0, 0.05) is 54.9 Å². The molecule has 180 valence electrons. The molecule has 5 aromatic heterocycles. The van der Waals surface area contributed by atoms with Crippen LogP contribution in [-0.2, 0) is 0 Å². The van der Waals surface area contributed by atoms with Crippen LogP contribution in [0, 0.1) is 0 Å². The van der Waals surface area contributed by atoms with Crippen molar-refractivity contribution in [1.29, 1.82) is 0 Å². The van der Waals surface area contributed by atoms with Crippen LogP contribution in [0.1, 0.15) is 0 Å². The van der Waals surface area contributed by atoms with Gasteiger partial charge in [-0.1, -0.05) is 54.6 Å². The summed E-state index contributed by atoms with van der Waals surface area (Å²) in [5, 5.41) is 9.19. The Morgan fingerprint density at radius 1 is 0.462 bits per heavy atom. The molecule has 0 fully saturated rings. The number of furan rings is 2. The summed E-state index contributed by atoms with van der Waals surface area (Å²) in [7, 11) is 0. The van der Waals surface area contributed by atoms with E-state index in [1.165, 1.54) is 16.3 Å². The number of rotatable bonds is 1. The molecule has 0 bridgehead atoms. The fraction of sp³-hybridized carbons (Fsp3) is 0. The quantitative estimate of drug-likeness (QED) is 0.226. The standard InChI is InChI=1S/C35H18N2O2/c1-3-10-29-20(7-1)24-14-12-22-26-17-19(28-9-5-6-16-36-28)18-27-23-13-15-25-21-8-2-4-11-30(21)39-35(25)33(23)37(31(26)27)32(22)34(24)38-29/h1-18H. The lowest BCUT2D eigenvalue weighted by molar-refractivity contribution is 0.670. The van der Waals surface area contributed by atoms with Crippen molar-refractivity contribution in [3.63, 3.8) is 0 Å². The highest BCUT2D eigenvalue weighted by molar-refractivity contribution is 6.31. The summed E-state index contributed by atoms with van der Waals surface area (Å²) in [5.41, 5.74) is 8.97. The van der Waals surface area contributed by atoms with Gasteiger partial charge in [0.2, 0.25) is 0 Å². The van der Waals surface area contributed by atoms with Crippen molar-refractivity contribution in [1.82, 2.24) is 9.38 Å². The van der Waals surface area contributed by atoms with E-state index in [1.807, 2.05) is 42.6 Å². The summed E-state index contributed by atoms with van der Waals surface area (Å²) in [4.78, 5) is 4.68. The first-order valence-corrected chi connectivity index (χ1v) is 13.1. The molecular weight excluding hydrogens is 480 g/mol. The highest BCUT2D eigenvalue weighted by Crippen LogP contribution is 2.47. The number of aromatic nitrogens is 2. The van der Waals surface area contributed by atoms with Crippen molar-refractivity contribution in [2.45, 2.75) is 0 Å². The first kappa shape index (κ1) is 19.7. The minimum atomic E-state index is 0.896. The maximum Gasteiger partial charge on any atom is 0.160 e. The van der Waals surface area contributed by atoms with E-state index < -0.39 is 0 Å². The number of hydrogen-bond acceptors (Lipinski definition) is 3. The number of nitrogens with zero attached hydrogens (tertiary/aromatic N) is 2. The maximum absolute atomic E-state index is 6.60. The Balaban J connectivity index is 1.52. The fourth-order valence-electron chi connectivity index (χ4n) is 6.73. The van der Waals surface area contributed by atoms with E-state index in [0.717, 1.165) is 76.9 Å². The van der Waals surface area contributed by atoms with Crippen molar-refractivity contribution in [2.24, 2.45) is 0 Å². The first-order chi connectivity index (χ1) is 19.3. The predicted octanol–water partition coefficient (Wildman–Crippen LogP) is 9.70. The Morgan fingerprint density at radius 2 is 1.00 bits per heavy atom. The largest absolute Gasteiger partial charge is 0.454 e. The fourth-order valence-corrected chi connectivity index (χ4v) is 6.73. The molecule has 0 radical (unpaired) electrons. The number of benzene rings is 5. The second kappa shape index (κ2) is 6.74. The number of hydrogen-bond donors (Lipinski definition) is 0. The lowest BCUT2D eigenvalue weighted by Crippen LogP contribution is -1.82. The third-order valence-electron chi connectivity index (χ3n) is 8.36. The summed E-state index contributed by atoms with van der Waals surface area (Å²) in [6.07, 6.45) is 1.85. The van der Waals surface area contributed by atoms with Crippen LogP contribution in [0.15, 0.2) is 118 Å². The Kier molecular flexibility index (Phi) is 3.41. The molecule has 0 saturated heterocycles. The van der Waals surface area contributed by atoms with Crippen molar-refractivity contribution in [3.05, 3.63) is 109 Å². The van der Waals surface area contributed by atoms with Gasteiger partial charge in [-0.2, -0.15) is 0 Å². The molecule has 10 aromatic rings. The van der Waals surface area contributed by atoms with Crippen LogP contribution in [0.25, 0.3) is 93.2 Å². The summed E-state index contributed by atoms with van der Waals surface area (Å²) in [6, 6.07) is 36.1. The van der Waals surface area contributed by atoms with Crippen LogP contribution >= 0.6 is 0 Å². The van der Waals surface area contributed by atoms with Gasteiger partial charge in [-0.3, -0.25) is 4.98 Å². The Hall–Kier alpha value is -5.35. The number of pyridine rings is 1. The van der Waals surface area contributed by atoms with Crippen molar-refractivity contribution in [2.75, 3.05) is 0 Å². The van der Waals surface area contributed by atoms with Crippen LogP contribution < -0.4 is 0 Å². The molecule has 0 aliphatic heterocycles. The highest BCUT2D eigenvalue weighted by atomic mass is 16.3. The normalized spacial score (nSPS) is 12.6. The minimum absolute atomic E-state index is 0.896. The molecule has 0 aliphatic carbocycles. The van der Waals surface area contributed by atoms with Crippen molar-refractivity contribution in [3.8, 4) is 11.3 Å². The average Bonchev–Trinajstić information content (AvgIpc) is 3.73. The van der Waals surface area contributed by atoms with E-state index >= 15 is 0 Å². The van der Waals surface area contributed by atoms with Crippen LogP contribution in [0.4, 0.5) is 0 Å². The van der Waals surface area contributed by atoms with E-state index in [4.69, 9.17) is 8.83 Å². The maximum atomic E-state index is 6.60. The average molecular weight is 499 g/mol. The molecule has 0 aliphatic rings. The van der Waals surface area contributed by atoms with E-state index in [2.05, 4.69) is 76.1 Å². The molecule has 39 heavy (non-hydrogen) atoms. The van der Waals surface area contributed by atoms with Crippen LogP contribution in [-0.4, -0.2) is 9.38 Å². The highest BCUT2D eigenvalue weighted by Gasteiger charge is 2.25. The molecule has 0 spiro atoms. The Morgan fingerprint density at radius 3 is 1.56 bits per heavy atom. The zero-order valence-electron chi connectivity index (χ0n) is 20.6. The van der Waals surface area contributed by atoms with Crippen LogP contribution in [0.2, 0.25) is 0 Å². The second-order valence-electron chi connectivity index (χ2n) is 10.3. The third-order valence-corrected chi connectivity index (χ3v) is 8.36. The van der Waals surface area contributed by atoms with Gasteiger partial charge in [0.25, 0.3) is 0 Å². The van der Waals surface area contributed by atoms with Gasteiger partial charge in [-0.25, -0.2) is 0 Å². The molecule has 0 N–H and O–H groups in total. The predicted molar refractivity (Wildman–Crippen MR) is 159 cm³/mol. The molecule has 0 atom stereocenters. The Labute approximate surface area is 220 Å². The van der Waals surface area contributed by atoms with Gasteiger partial charge in [0.1, 0.15) is 11.2 Å². The van der Waals surface area contributed by atoms with Crippen molar-refractivity contribution < 1.29 is 8.83 Å². The van der Waals surface area contributed by atoms with Crippen LogP contribution in [0.5, 0.6) is 0 Å². The summed E-state index contributed by atoms with van der Waals surface area (Å²) < 4.78 is 15.6. The van der Waals surface area contributed by atoms with Crippen molar-refractivity contribution >= 4 is 82.0 Å². The lowest BCUT2D eigenvalue weighted by Gasteiger charge is -2.03. The van der Waals surface area contributed by atoms with Crippen LogP contribution in [0.3, 0.4) is 0 Å². The zero-order chi connectivity index (χ0) is 25.2. The Bertz CT molecular complexity index is 2440. The lowest BCUT2D eigenvalue weighted by atomic mass is 10.0.